The Hall–Kier alpha value is -2.49. The van der Waals surface area contributed by atoms with Crippen molar-refractivity contribution < 1.29 is 14.3 Å². The number of methoxy groups -OCH3 is 1. The highest BCUT2D eigenvalue weighted by Gasteiger charge is 2.17. The summed E-state index contributed by atoms with van der Waals surface area (Å²) in [5.41, 5.74) is 3.08. The van der Waals surface area contributed by atoms with E-state index in [1.54, 1.807) is 26.2 Å². The molecule has 2 rings (SSSR count). The quantitative estimate of drug-likeness (QED) is 0.848. The predicted molar refractivity (Wildman–Crippen MR) is 97.0 cm³/mol. The summed E-state index contributed by atoms with van der Waals surface area (Å²) in [6, 6.07) is 13.2. The summed E-state index contributed by atoms with van der Waals surface area (Å²) in [5.74, 6) is 1.56. The van der Waals surface area contributed by atoms with Crippen LogP contribution in [0.3, 0.4) is 0 Å². The van der Waals surface area contributed by atoms with E-state index < -0.39 is 6.10 Å². The molecule has 24 heavy (non-hydrogen) atoms. The molecule has 1 unspecified atom stereocenters. The highest BCUT2D eigenvalue weighted by Crippen LogP contribution is 2.25. The predicted octanol–water partition coefficient (Wildman–Crippen LogP) is 4.53. The molecule has 0 radical (unpaired) electrons. The van der Waals surface area contributed by atoms with Crippen molar-refractivity contribution in [3.63, 3.8) is 0 Å². The molecular weight excluding hydrogens is 302 g/mol. The SMILES string of the molecule is COc1ccccc1NC(=O)C(C)Oc1ccc(C(C)C)c(C)c1. The number of aryl methyl sites for hydroxylation is 1. The van der Waals surface area contributed by atoms with E-state index >= 15 is 0 Å². The fourth-order valence-corrected chi connectivity index (χ4v) is 2.61. The van der Waals surface area contributed by atoms with Crippen LogP contribution in [0.25, 0.3) is 0 Å². The third kappa shape index (κ3) is 4.28. The average molecular weight is 327 g/mol. The molecular formula is C20H25NO3. The molecule has 1 N–H and O–H groups in total. The van der Waals surface area contributed by atoms with Gasteiger partial charge in [0.2, 0.25) is 0 Å². The number of carbonyl (C=O) groups is 1. The van der Waals surface area contributed by atoms with Crippen molar-refractivity contribution in [1.82, 2.24) is 0 Å². The van der Waals surface area contributed by atoms with Crippen LogP contribution in [0.1, 0.15) is 37.8 Å². The Labute approximate surface area is 143 Å². The third-order valence-electron chi connectivity index (χ3n) is 3.91. The first-order chi connectivity index (χ1) is 11.4. The summed E-state index contributed by atoms with van der Waals surface area (Å²) in [6.07, 6.45) is -0.612. The van der Waals surface area contributed by atoms with Crippen LogP contribution in [0.15, 0.2) is 42.5 Å². The second-order valence-corrected chi connectivity index (χ2v) is 6.12. The van der Waals surface area contributed by atoms with Gasteiger partial charge in [-0.1, -0.05) is 32.0 Å². The molecule has 0 heterocycles. The van der Waals surface area contributed by atoms with Crippen molar-refractivity contribution in [3.8, 4) is 11.5 Å². The van der Waals surface area contributed by atoms with Crippen LogP contribution in [-0.4, -0.2) is 19.1 Å². The lowest BCUT2D eigenvalue weighted by molar-refractivity contribution is -0.122. The van der Waals surface area contributed by atoms with Crippen molar-refractivity contribution in [2.45, 2.75) is 39.7 Å². The number of amides is 1. The van der Waals surface area contributed by atoms with Crippen LogP contribution in [0, 0.1) is 6.92 Å². The normalized spacial score (nSPS) is 11.9. The minimum Gasteiger partial charge on any atom is -0.495 e. The summed E-state index contributed by atoms with van der Waals surface area (Å²) < 4.78 is 11.0. The van der Waals surface area contributed by atoms with Gasteiger partial charge in [0, 0.05) is 0 Å². The fourth-order valence-electron chi connectivity index (χ4n) is 2.61. The summed E-state index contributed by atoms with van der Waals surface area (Å²) in [5, 5.41) is 2.84. The lowest BCUT2D eigenvalue weighted by atomic mass is 9.98. The van der Waals surface area contributed by atoms with Crippen molar-refractivity contribution in [2.75, 3.05) is 12.4 Å². The fraction of sp³-hybridized carbons (Fsp3) is 0.350. The molecule has 0 aliphatic rings. The van der Waals surface area contributed by atoms with Gasteiger partial charge in [-0.15, -0.1) is 0 Å². The molecule has 0 aliphatic carbocycles. The number of benzene rings is 2. The number of nitrogens with one attached hydrogen (secondary N) is 1. The van der Waals surface area contributed by atoms with E-state index in [4.69, 9.17) is 9.47 Å². The first-order valence-electron chi connectivity index (χ1n) is 8.13. The maximum atomic E-state index is 12.4. The number of hydrogen-bond acceptors (Lipinski definition) is 3. The van der Waals surface area contributed by atoms with Gasteiger partial charge in [-0.2, -0.15) is 0 Å². The maximum absolute atomic E-state index is 12.4. The zero-order valence-corrected chi connectivity index (χ0v) is 14.9. The highest BCUT2D eigenvalue weighted by atomic mass is 16.5. The molecule has 0 aromatic heterocycles. The van der Waals surface area contributed by atoms with E-state index in [0.717, 1.165) is 0 Å². The molecule has 2 aromatic rings. The standard InChI is InChI=1S/C20H25NO3/c1-13(2)17-11-10-16(12-14(17)3)24-15(4)20(22)21-18-8-6-7-9-19(18)23-5/h6-13,15H,1-5H3,(H,21,22). The Kier molecular flexibility index (Phi) is 5.85. The molecule has 0 saturated heterocycles. The molecule has 0 aliphatic heterocycles. The number of carbonyl (C=O) groups excluding carboxylic acids is 1. The van der Waals surface area contributed by atoms with Gasteiger partial charge in [0.1, 0.15) is 11.5 Å². The monoisotopic (exact) mass is 327 g/mol. The molecule has 4 heteroatoms. The van der Waals surface area contributed by atoms with Gasteiger partial charge in [-0.25, -0.2) is 0 Å². The van der Waals surface area contributed by atoms with E-state index in [1.807, 2.05) is 24.3 Å². The van der Waals surface area contributed by atoms with Crippen molar-refractivity contribution in [2.24, 2.45) is 0 Å². The molecule has 0 fully saturated rings. The first-order valence-corrected chi connectivity index (χ1v) is 8.13. The van der Waals surface area contributed by atoms with Gasteiger partial charge < -0.3 is 14.8 Å². The van der Waals surface area contributed by atoms with Crippen LogP contribution >= 0.6 is 0 Å². The Morgan fingerprint density at radius 2 is 1.79 bits per heavy atom. The molecule has 1 amide bonds. The Balaban J connectivity index is 2.05. The number of anilines is 1. The Morgan fingerprint density at radius 3 is 2.42 bits per heavy atom. The zero-order chi connectivity index (χ0) is 17.7. The van der Waals surface area contributed by atoms with Crippen molar-refractivity contribution in [1.29, 1.82) is 0 Å². The van der Waals surface area contributed by atoms with Gasteiger partial charge in [0.05, 0.1) is 12.8 Å². The number of rotatable bonds is 6. The molecule has 0 saturated carbocycles. The molecule has 1 atom stereocenters. The Bertz CT molecular complexity index is 710. The minimum absolute atomic E-state index is 0.218. The summed E-state index contributed by atoms with van der Waals surface area (Å²) in [7, 11) is 1.57. The smallest absolute Gasteiger partial charge is 0.265 e. The first kappa shape index (κ1) is 17.9. The second-order valence-electron chi connectivity index (χ2n) is 6.12. The zero-order valence-electron chi connectivity index (χ0n) is 14.9. The molecule has 0 spiro atoms. The van der Waals surface area contributed by atoms with E-state index in [-0.39, 0.29) is 5.91 Å². The van der Waals surface area contributed by atoms with Crippen molar-refractivity contribution in [3.05, 3.63) is 53.6 Å². The van der Waals surface area contributed by atoms with Gasteiger partial charge >= 0.3 is 0 Å². The van der Waals surface area contributed by atoms with E-state index in [1.165, 1.54) is 11.1 Å². The average Bonchev–Trinajstić information content (AvgIpc) is 2.55. The topological polar surface area (TPSA) is 47.6 Å². The number of ether oxygens (including phenoxy) is 2. The molecule has 128 valence electrons. The minimum atomic E-state index is -0.612. The van der Waals surface area contributed by atoms with Crippen LogP contribution < -0.4 is 14.8 Å². The van der Waals surface area contributed by atoms with E-state index in [2.05, 4.69) is 32.2 Å². The molecule has 2 aromatic carbocycles. The lowest BCUT2D eigenvalue weighted by Crippen LogP contribution is -2.30. The Morgan fingerprint density at radius 1 is 1.08 bits per heavy atom. The molecule has 4 nitrogen and oxygen atoms in total. The third-order valence-corrected chi connectivity index (χ3v) is 3.91. The van der Waals surface area contributed by atoms with Gasteiger partial charge in [0.25, 0.3) is 5.91 Å². The van der Waals surface area contributed by atoms with Gasteiger partial charge in [-0.05, 0) is 55.2 Å². The van der Waals surface area contributed by atoms with Crippen LogP contribution in [-0.2, 0) is 4.79 Å². The number of hydrogen-bond donors (Lipinski definition) is 1. The largest absolute Gasteiger partial charge is 0.495 e. The van der Waals surface area contributed by atoms with Gasteiger partial charge in [-0.3, -0.25) is 4.79 Å². The summed E-state index contributed by atoms with van der Waals surface area (Å²) in [6.45, 7) is 8.11. The second kappa shape index (κ2) is 7.86. The molecule has 0 bridgehead atoms. The lowest BCUT2D eigenvalue weighted by Gasteiger charge is -2.17. The highest BCUT2D eigenvalue weighted by molar-refractivity contribution is 5.95. The summed E-state index contributed by atoms with van der Waals surface area (Å²) >= 11 is 0. The van der Waals surface area contributed by atoms with Crippen LogP contribution in [0.4, 0.5) is 5.69 Å². The summed E-state index contributed by atoms with van der Waals surface area (Å²) in [4.78, 5) is 12.4. The van der Waals surface area contributed by atoms with Crippen LogP contribution in [0.2, 0.25) is 0 Å². The van der Waals surface area contributed by atoms with Crippen LogP contribution in [0.5, 0.6) is 11.5 Å². The maximum Gasteiger partial charge on any atom is 0.265 e. The number of para-hydroxylation sites is 2. The van der Waals surface area contributed by atoms with Gasteiger partial charge in [0.15, 0.2) is 6.10 Å². The van der Waals surface area contributed by atoms with E-state index in [0.29, 0.717) is 23.1 Å². The van der Waals surface area contributed by atoms with Crippen molar-refractivity contribution >= 4 is 11.6 Å². The van der Waals surface area contributed by atoms with E-state index in [9.17, 15) is 4.79 Å².